The Balaban J connectivity index is 1.46. The molecule has 0 bridgehead atoms. The van der Waals surface area contributed by atoms with Gasteiger partial charge in [0.05, 0.1) is 27.7 Å². The van der Waals surface area contributed by atoms with Crippen LogP contribution in [0.25, 0.3) is 0 Å². The molecule has 13 nitrogen and oxygen atoms in total. The summed E-state index contributed by atoms with van der Waals surface area (Å²) < 4.78 is 70.1. The third kappa shape index (κ3) is 8.35. The molecule has 2 aliphatic rings. The second-order valence-corrected chi connectivity index (χ2v) is 15.0. The Hall–Kier alpha value is -3.55. The number of fused-ring (bicyclic) bond motifs is 1. The van der Waals surface area contributed by atoms with Gasteiger partial charge in [-0.1, -0.05) is 18.2 Å². The molecule has 1 saturated heterocycles. The van der Waals surface area contributed by atoms with Crippen LogP contribution in [0.1, 0.15) is 43.4 Å². The van der Waals surface area contributed by atoms with E-state index in [9.17, 15) is 41.0 Å². The zero-order chi connectivity index (χ0) is 35.6. The lowest BCUT2D eigenvalue weighted by Gasteiger charge is -2.37. The summed E-state index contributed by atoms with van der Waals surface area (Å²) in [6, 6.07) is 6.34. The molecule has 0 spiro atoms. The molecule has 0 saturated carbocycles. The fourth-order valence-electron chi connectivity index (χ4n) is 5.82. The third-order valence-corrected chi connectivity index (χ3v) is 11.2. The molecule has 1 fully saturated rings. The Labute approximate surface area is 276 Å². The van der Waals surface area contributed by atoms with Crippen molar-refractivity contribution in [3.63, 3.8) is 0 Å². The highest BCUT2D eigenvalue weighted by molar-refractivity contribution is 7.92. The molecule has 18 heteroatoms. The molecule has 0 radical (unpaired) electrons. The molecule has 9 N–H and O–H groups in total. The van der Waals surface area contributed by atoms with Crippen LogP contribution in [0, 0.1) is 0 Å². The fraction of sp³-hybridized carbons (Fsp3) is 0.500. The normalized spacial score (nSPS) is 21.3. The van der Waals surface area contributed by atoms with Crippen LogP contribution in [0.3, 0.4) is 0 Å². The highest BCUT2D eigenvalue weighted by atomic mass is 32.2. The van der Waals surface area contributed by atoms with Crippen LogP contribution in [0.2, 0.25) is 0 Å². The first kappa shape index (κ1) is 37.3. The van der Waals surface area contributed by atoms with Gasteiger partial charge >= 0.3 is 13.3 Å². The molecule has 4 rings (SSSR count). The second-order valence-electron chi connectivity index (χ2n) is 12.5. The number of benzene rings is 2. The van der Waals surface area contributed by atoms with Crippen molar-refractivity contribution in [3.05, 3.63) is 59.2 Å². The molecule has 2 heterocycles. The number of sulfone groups is 1. The monoisotopic (exact) mass is 696 g/mol. The highest BCUT2D eigenvalue weighted by Crippen LogP contribution is 2.31. The topological polar surface area (TPSA) is 220 Å². The van der Waals surface area contributed by atoms with Crippen LogP contribution in [0.4, 0.5) is 18.9 Å². The van der Waals surface area contributed by atoms with Gasteiger partial charge in [0, 0.05) is 44.7 Å². The van der Waals surface area contributed by atoms with Gasteiger partial charge in [0.15, 0.2) is 9.84 Å². The largest absolute Gasteiger partial charge is 0.492 e. The minimum Gasteiger partial charge on any atom is -0.423 e. The van der Waals surface area contributed by atoms with Gasteiger partial charge in [0.2, 0.25) is 17.7 Å². The number of carbonyl (C=O) groups excluding carboxylic acids is 3. The van der Waals surface area contributed by atoms with E-state index in [1.54, 1.807) is 26.0 Å². The van der Waals surface area contributed by atoms with E-state index < -0.39 is 74.6 Å². The van der Waals surface area contributed by atoms with Gasteiger partial charge in [0.25, 0.3) is 0 Å². The summed E-state index contributed by atoms with van der Waals surface area (Å²) in [5.74, 6) is -1.96. The van der Waals surface area contributed by atoms with Gasteiger partial charge < -0.3 is 42.4 Å². The molecule has 3 amide bonds. The molecule has 2 aliphatic heterocycles. The quantitative estimate of drug-likeness (QED) is 0.163. The first-order chi connectivity index (χ1) is 22.4. The minimum atomic E-state index is -4.57. The van der Waals surface area contributed by atoms with Gasteiger partial charge in [-0.15, -0.1) is 0 Å². The molecule has 2 unspecified atom stereocenters. The van der Waals surface area contributed by atoms with E-state index in [-0.39, 0.29) is 51.1 Å². The first-order valence-electron chi connectivity index (χ1n) is 15.3. The van der Waals surface area contributed by atoms with Crippen LogP contribution in [0.5, 0.6) is 0 Å². The number of alkyl halides is 3. The van der Waals surface area contributed by atoms with E-state index in [4.69, 9.17) is 21.9 Å². The molecule has 262 valence electrons. The summed E-state index contributed by atoms with van der Waals surface area (Å²) in [6.45, 7) is 2.94. The lowest BCUT2D eigenvalue weighted by molar-refractivity contribution is -0.137. The number of carbonyl (C=O) groups is 3. The molecule has 48 heavy (non-hydrogen) atoms. The predicted octanol–water partition coefficient (Wildman–Crippen LogP) is -0.657. The zero-order valence-corrected chi connectivity index (χ0v) is 27.3. The number of anilines is 1. The molecular weight excluding hydrogens is 656 g/mol. The number of hydrogen-bond donors (Lipinski definition) is 6. The summed E-state index contributed by atoms with van der Waals surface area (Å²) >= 11 is 0. The van der Waals surface area contributed by atoms with Gasteiger partial charge in [-0.25, -0.2) is 8.42 Å². The van der Waals surface area contributed by atoms with Crippen molar-refractivity contribution >= 4 is 45.8 Å². The number of amides is 3. The average molecular weight is 697 g/mol. The Morgan fingerprint density at radius 1 is 1.06 bits per heavy atom. The van der Waals surface area contributed by atoms with Gasteiger partial charge in [0.1, 0.15) is 6.04 Å². The van der Waals surface area contributed by atoms with E-state index in [0.29, 0.717) is 16.6 Å². The SMILES string of the molecule is CC1(C)OB(O)c2cc(NC(=O)[C@@H](Cc3ccc(C(F)(F)F)cc3)NC(=O)[C@@H](N)CCC(=O)N3CC(CN)S(=O)(=O)C(CN)C3)ccc21. The number of rotatable bonds is 11. The van der Waals surface area contributed by atoms with E-state index in [1.165, 1.54) is 23.1 Å². The molecule has 2 aromatic rings. The summed E-state index contributed by atoms with van der Waals surface area (Å²) in [5, 5.41) is 13.6. The smallest absolute Gasteiger partial charge is 0.423 e. The summed E-state index contributed by atoms with van der Waals surface area (Å²) in [7, 11) is -4.84. The number of nitrogens with one attached hydrogen (secondary N) is 2. The summed E-state index contributed by atoms with van der Waals surface area (Å²) in [6.07, 6.45) is -5.13. The van der Waals surface area contributed by atoms with E-state index in [1.807, 2.05) is 0 Å². The number of nitrogens with zero attached hydrogens (tertiary/aromatic N) is 1. The van der Waals surface area contributed by atoms with Crippen molar-refractivity contribution in [2.75, 3.05) is 31.5 Å². The standard InChI is InChI=1S/C30H40BF3N6O7S/c1-29(2)22-8-7-19(12-23(22)31(44)47-29)38-28(43)25(11-17-3-5-18(6-4-17)30(32,33)34)39-27(42)24(37)9-10-26(41)40-15-20(13-35)48(45,46)21(14-36)16-40/h3-8,12,20-21,24-25,44H,9-11,13-16,35-37H2,1-2H3,(H,38,43)(H,39,42)/t20?,21?,24-,25+/m0/s1. The maximum atomic E-state index is 13.5. The minimum absolute atomic E-state index is 0.117. The van der Waals surface area contributed by atoms with Gasteiger partial charge in [-0.3, -0.25) is 14.4 Å². The summed E-state index contributed by atoms with van der Waals surface area (Å²) in [5.41, 5.74) is 17.4. The van der Waals surface area contributed by atoms with Crippen LogP contribution >= 0.6 is 0 Å². The maximum absolute atomic E-state index is 13.5. The Kier molecular flexibility index (Phi) is 11.3. The van der Waals surface area contributed by atoms with Crippen molar-refractivity contribution in [1.29, 1.82) is 0 Å². The highest BCUT2D eigenvalue weighted by Gasteiger charge is 2.42. The molecular formula is C30H40BF3N6O7S. The van der Waals surface area contributed by atoms with Crippen LogP contribution in [0.15, 0.2) is 42.5 Å². The predicted molar refractivity (Wildman–Crippen MR) is 172 cm³/mol. The molecule has 2 aromatic carbocycles. The second kappa shape index (κ2) is 14.5. The summed E-state index contributed by atoms with van der Waals surface area (Å²) in [4.78, 5) is 41.0. The van der Waals surface area contributed by atoms with Crippen molar-refractivity contribution in [3.8, 4) is 0 Å². The number of hydrogen-bond acceptors (Lipinski definition) is 10. The fourth-order valence-corrected chi connectivity index (χ4v) is 7.67. The van der Waals surface area contributed by atoms with E-state index in [0.717, 1.165) is 12.1 Å². The van der Waals surface area contributed by atoms with E-state index in [2.05, 4.69) is 10.6 Å². The lowest BCUT2D eigenvalue weighted by atomic mass is 9.78. The molecule has 4 atom stereocenters. The van der Waals surface area contributed by atoms with Crippen LogP contribution < -0.4 is 33.3 Å². The Bertz CT molecular complexity index is 1610. The Morgan fingerprint density at radius 3 is 2.23 bits per heavy atom. The van der Waals surface area contributed by atoms with E-state index >= 15 is 0 Å². The van der Waals surface area contributed by atoms with Crippen molar-refractivity contribution in [2.24, 2.45) is 17.2 Å². The number of halogens is 3. The maximum Gasteiger partial charge on any atom is 0.492 e. The number of nitrogens with two attached hydrogens (primary N) is 3. The zero-order valence-electron chi connectivity index (χ0n) is 26.5. The molecule has 0 aromatic heterocycles. The van der Waals surface area contributed by atoms with Crippen LogP contribution in [-0.4, -0.2) is 91.9 Å². The lowest BCUT2D eigenvalue weighted by Crippen LogP contribution is -2.58. The van der Waals surface area contributed by atoms with Crippen molar-refractivity contribution < 1.29 is 45.7 Å². The molecule has 0 aliphatic carbocycles. The third-order valence-electron chi connectivity index (χ3n) is 8.66. The van der Waals surface area contributed by atoms with Gasteiger partial charge in [-0.2, -0.15) is 13.2 Å². The average Bonchev–Trinajstić information content (AvgIpc) is 3.25. The first-order valence-corrected chi connectivity index (χ1v) is 16.9. The van der Waals surface area contributed by atoms with Crippen LogP contribution in [-0.2, 0) is 47.1 Å². The van der Waals surface area contributed by atoms with Gasteiger partial charge in [-0.05, 0) is 61.1 Å². The Morgan fingerprint density at radius 2 is 1.67 bits per heavy atom. The van der Waals surface area contributed by atoms with Crippen molar-refractivity contribution in [1.82, 2.24) is 10.2 Å². The van der Waals surface area contributed by atoms with Crippen molar-refractivity contribution in [2.45, 2.75) is 67.5 Å².